The van der Waals surface area contributed by atoms with Crippen LogP contribution in [0.15, 0.2) is 11.9 Å². The van der Waals surface area contributed by atoms with Crippen molar-refractivity contribution >= 4 is 12.1 Å². The Kier molecular flexibility index (Phi) is 6.77. The number of esters is 1. The molecule has 0 aliphatic carbocycles. The van der Waals surface area contributed by atoms with Gasteiger partial charge in [-0.2, -0.15) is 4.39 Å². The molecule has 1 atom stereocenters. The molecule has 1 aliphatic heterocycles. The molecule has 0 aromatic rings. The topological polar surface area (TPSA) is 65.1 Å². The number of nitrogens with zero attached hydrogens (tertiary/aromatic N) is 1. The van der Waals surface area contributed by atoms with Gasteiger partial charge >= 0.3 is 12.1 Å². The summed E-state index contributed by atoms with van der Waals surface area (Å²) < 4.78 is 29.2. The Hall–Kier alpha value is -1.63. The summed E-state index contributed by atoms with van der Waals surface area (Å²) in [4.78, 5) is 25.2. The molecule has 0 bridgehead atoms. The van der Waals surface area contributed by atoms with Crippen molar-refractivity contribution in [3.63, 3.8) is 0 Å². The first-order valence-electron chi connectivity index (χ1n) is 8.17. The van der Waals surface area contributed by atoms with Gasteiger partial charge in [0, 0.05) is 0 Å². The molecule has 0 radical (unpaired) electrons. The molecular weight excluding hydrogens is 317 g/mol. The van der Waals surface area contributed by atoms with Crippen LogP contribution in [0.3, 0.4) is 0 Å². The van der Waals surface area contributed by atoms with Crippen LogP contribution in [0.1, 0.15) is 54.4 Å². The van der Waals surface area contributed by atoms with E-state index in [1.165, 1.54) is 11.0 Å². The standard InChI is InChI=1S/C17H28FNO5/c1-7-22-14(20)13(18)10-8-9-12-11-23-17(5,6)19(12)15(21)24-16(2,3)4/h10,12H,7-9,11H2,1-6H3/b13-10-/t12-/m0/s1. The van der Waals surface area contributed by atoms with Crippen LogP contribution in [0.25, 0.3) is 0 Å². The largest absolute Gasteiger partial charge is 0.461 e. The molecule has 1 amide bonds. The number of rotatable bonds is 5. The van der Waals surface area contributed by atoms with Crippen molar-refractivity contribution in [2.75, 3.05) is 13.2 Å². The second-order valence-corrected chi connectivity index (χ2v) is 7.11. The molecule has 1 fully saturated rings. The van der Waals surface area contributed by atoms with Crippen molar-refractivity contribution in [2.45, 2.75) is 71.8 Å². The zero-order chi connectivity index (χ0) is 18.5. The Morgan fingerprint density at radius 2 is 2.00 bits per heavy atom. The highest BCUT2D eigenvalue weighted by Gasteiger charge is 2.45. The number of carbonyl (C=O) groups excluding carboxylic acids is 2. The first-order valence-corrected chi connectivity index (χ1v) is 8.17. The second kappa shape index (κ2) is 7.96. The van der Waals surface area contributed by atoms with Crippen molar-refractivity contribution < 1.29 is 28.2 Å². The van der Waals surface area contributed by atoms with Gasteiger partial charge in [0.2, 0.25) is 5.83 Å². The average molecular weight is 345 g/mol. The highest BCUT2D eigenvalue weighted by atomic mass is 19.1. The van der Waals surface area contributed by atoms with E-state index in [9.17, 15) is 14.0 Å². The van der Waals surface area contributed by atoms with Gasteiger partial charge in [-0.15, -0.1) is 0 Å². The van der Waals surface area contributed by atoms with Gasteiger partial charge in [0.25, 0.3) is 0 Å². The normalized spacial score (nSPS) is 20.9. The van der Waals surface area contributed by atoms with Crippen LogP contribution in [0.5, 0.6) is 0 Å². The van der Waals surface area contributed by atoms with E-state index in [1.807, 2.05) is 0 Å². The predicted octanol–water partition coefficient (Wildman–Crippen LogP) is 3.56. The van der Waals surface area contributed by atoms with E-state index in [1.54, 1.807) is 41.5 Å². The van der Waals surface area contributed by atoms with Crippen LogP contribution < -0.4 is 0 Å². The van der Waals surface area contributed by atoms with Crippen molar-refractivity contribution in [3.8, 4) is 0 Å². The number of ether oxygens (including phenoxy) is 3. The lowest BCUT2D eigenvalue weighted by Crippen LogP contribution is -2.49. The van der Waals surface area contributed by atoms with E-state index in [-0.39, 0.29) is 19.1 Å². The van der Waals surface area contributed by atoms with Crippen LogP contribution in [-0.2, 0) is 19.0 Å². The average Bonchev–Trinajstić information content (AvgIpc) is 2.72. The summed E-state index contributed by atoms with van der Waals surface area (Å²) in [5.74, 6) is -1.89. The van der Waals surface area contributed by atoms with Crippen molar-refractivity contribution in [1.82, 2.24) is 4.90 Å². The van der Waals surface area contributed by atoms with Gasteiger partial charge in [0.1, 0.15) is 11.3 Å². The maximum Gasteiger partial charge on any atom is 0.412 e. The SMILES string of the molecule is CCOC(=O)/C(F)=C/CC[C@H]1COC(C)(C)N1C(=O)OC(C)(C)C. The van der Waals surface area contributed by atoms with Crippen molar-refractivity contribution in [1.29, 1.82) is 0 Å². The Morgan fingerprint density at radius 1 is 1.38 bits per heavy atom. The highest BCUT2D eigenvalue weighted by Crippen LogP contribution is 2.31. The Balaban J connectivity index is 2.71. The minimum Gasteiger partial charge on any atom is -0.461 e. The zero-order valence-electron chi connectivity index (χ0n) is 15.3. The van der Waals surface area contributed by atoms with Crippen molar-refractivity contribution in [2.24, 2.45) is 0 Å². The Labute approximate surface area is 142 Å². The number of hydrogen-bond donors (Lipinski definition) is 0. The number of hydrogen-bond acceptors (Lipinski definition) is 5. The maximum atomic E-state index is 13.5. The van der Waals surface area contributed by atoms with Gasteiger partial charge in [-0.25, -0.2) is 9.59 Å². The van der Waals surface area contributed by atoms with E-state index in [0.29, 0.717) is 13.0 Å². The Morgan fingerprint density at radius 3 is 2.54 bits per heavy atom. The fourth-order valence-corrected chi connectivity index (χ4v) is 2.46. The predicted molar refractivity (Wildman–Crippen MR) is 87.0 cm³/mol. The van der Waals surface area contributed by atoms with Gasteiger partial charge in [-0.05, 0) is 60.5 Å². The fourth-order valence-electron chi connectivity index (χ4n) is 2.46. The molecule has 0 saturated carbocycles. The maximum absolute atomic E-state index is 13.5. The second-order valence-electron chi connectivity index (χ2n) is 7.11. The first-order chi connectivity index (χ1) is 11.0. The van der Waals surface area contributed by atoms with Gasteiger partial charge in [-0.1, -0.05) is 0 Å². The molecule has 0 aromatic heterocycles. The first kappa shape index (κ1) is 20.4. The number of amides is 1. The molecule has 1 rings (SSSR count). The molecule has 1 heterocycles. The third-order valence-corrected chi connectivity index (χ3v) is 3.46. The summed E-state index contributed by atoms with van der Waals surface area (Å²) in [6, 6.07) is -0.249. The van der Waals surface area contributed by atoms with Crippen LogP contribution in [-0.4, -0.2) is 47.5 Å². The molecule has 24 heavy (non-hydrogen) atoms. The number of halogens is 1. The summed E-state index contributed by atoms with van der Waals surface area (Å²) in [6.45, 7) is 11.0. The van der Waals surface area contributed by atoms with Crippen LogP contribution in [0.4, 0.5) is 9.18 Å². The van der Waals surface area contributed by atoms with E-state index in [2.05, 4.69) is 4.74 Å². The molecule has 7 heteroatoms. The lowest BCUT2D eigenvalue weighted by molar-refractivity contribution is -0.140. The molecular formula is C17H28FNO5. The third-order valence-electron chi connectivity index (χ3n) is 3.46. The van der Waals surface area contributed by atoms with E-state index >= 15 is 0 Å². The monoisotopic (exact) mass is 345 g/mol. The fraction of sp³-hybridized carbons (Fsp3) is 0.765. The van der Waals surface area contributed by atoms with Crippen LogP contribution >= 0.6 is 0 Å². The lowest BCUT2D eigenvalue weighted by atomic mass is 10.1. The zero-order valence-corrected chi connectivity index (χ0v) is 15.3. The quantitative estimate of drug-likeness (QED) is 0.563. The molecule has 1 saturated heterocycles. The van der Waals surface area contributed by atoms with Gasteiger partial charge < -0.3 is 14.2 Å². The number of carbonyl (C=O) groups is 2. The molecule has 6 nitrogen and oxygen atoms in total. The summed E-state index contributed by atoms with van der Waals surface area (Å²) in [7, 11) is 0. The van der Waals surface area contributed by atoms with E-state index in [4.69, 9.17) is 9.47 Å². The lowest BCUT2D eigenvalue weighted by Gasteiger charge is -2.35. The molecule has 0 N–H and O–H groups in total. The van der Waals surface area contributed by atoms with Gasteiger partial charge in [0.05, 0.1) is 19.3 Å². The molecule has 1 aliphatic rings. The summed E-state index contributed by atoms with van der Waals surface area (Å²) in [5.41, 5.74) is -1.41. The smallest absolute Gasteiger partial charge is 0.412 e. The Bertz CT molecular complexity index is 496. The third kappa shape index (κ3) is 5.78. The van der Waals surface area contributed by atoms with Crippen molar-refractivity contribution in [3.05, 3.63) is 11.9 Å². The number of allylic oxidation sites excluding steroid dienone is 1. The van der Waals surface area contributed by atoms with Gasteiger partial charge in [0.15, 0.2) is 0 Å². The molecule has 0 aromatic carbocycles. The molecule has 0 unspecified atom stereocenters. The summed E-state index contributed by atoms with van der Waals surface area (Å²) in [5, 5.41) is 0. The molecule has 138 valence electrons. The highest BCUT2D eigenvalue weighted by molar-refractivity contribution is 5.85. The minimum atomic E-state index is -0.968. The van der Waals surface area contributed by atoms with E-state index < -0.39 is 29.2 Å². The minimum absolute atomic E-state index is 0.122. The van der Waals surface area contributed by atoms with E-state index in [0.717, 1.165) is 0 Å². The van der Waals surface area contributed by atoms with Crippen LogP contribution in [0.2, 0.25) is 0 Å². The summed E-state index contributed by atoms with van der Waals surface area (Å²) in [6.07, 6.45) is 1.45. The summed E-state index contributed by atoms with van der Waals surface area (Å²) >= 11 is 0. The van der Waals surface area contributed by atoms with Gasteiger partial charge in [-0.3, -0.25) is 4.90 Å². The van der Waals surface area contributed by atoms with Crippen LogP contribution in [0, 0.1) is 0 Å². The molecule has 0 spiro atoms.